The van der Waals surface area contributed by atoms with Crippen molar-refractivity contribution in [1.29, 1.82) is 0 Å². The molecule has 3 unspecified atom stereocenters. The van der Waals surface area contributed by atoms with Gasteiger partial charge in [-0.05, 0) is 43.9 Å². The van der Waals surface area contributed by atoms with E-state index < -0.39 is 0 Å². The van der Waals surface area contributed by atoms with Crippen molar-refractivity contribution in [2.24, 2.45) is 5.41 Å². The van der Waals surface area contributed by atoms with Crippen LogP contribution in [0.25, 0.3) is 0 Å². The van der Waals surface area contributed by atoms with Crippen molar-refractivity contribution in [2.45, 2.75) is 70.1 Å². The summed E-state index contributed by atoms with van der Waals surface area (Å²) >= 11 is 0. The van der Waals surface area contributed by atoms with E-state index in [0.717, 1.165) is 19.4 Å². The van der Waals surface area contributed by atoms with Crippen LogP contribution in [0.1, 0.15) is 51.9 Å². The third-order valence-electron chi connectivity index (χ3n) is 4.78. The lowest BCUT2D eigenvalue weighted by molar-refractivity contribution is 0.0980. The van der Waals surface area contributed by atoms with Crippen LogP contribution in [0.3, 0.4) is 0 Å². The lowest BCUT2D eigenvalue weighted by atomic mass is 9.96. The summed E-state index contributed by atoms with van der Waals surface area (Å²) in [6.45, 7) is 3.06. The Hall–Kier alpha value is -0.770. The Balaban J connectivity index is 1.40. The summed E-state index contributed by atoms with van der Waals surface area (Å²) in [6.07, 6.45) is 8.95. The topological polar surface area (TPSA) is 50.4 Å². The van der Waals surface area contributed by atoms with Gasteiger partial charge in [0.15, 0.2) is 0 Å². The second kappa shape index (κ2) is 4.72. The summed E-state index contributed by atoms with van der Waals surface area (Å²) in [7, 11) is 0. The quantitative estimate of drug-likeness (QED) is 0.788. The van der Waals surface area contributed by atoms with E-state index in [4.69, 9.17) is 4.74 Å². The molecule has 2 amide bonds. The van der Waals surface area contributed by atoms with Crippen LogP contribution in [-0.4, -0.2) is 30.8 Å². The zero-order valence-electron chi connectivity index (χ0n) is 11.2. The van der Waals surface area contributed by atoms with E-state index >= 15 is 0 Å². The van der Waals surface area contributed by atoms with Crippen LogP contribution in [0.2, 0.25) is 0 Å². The molecule has 3 rings (SSSR count). The van der Waals surface area contributed by atoms with Crippen LogP contribution in [-0.2, 0) is 4.74 Å². The number of fused-ring (bicyclic) bond motifs is 2. The zero-order valence-corrected chi connectivity index (χ0v) is 11.2. The fourth-order valence-electron chi connectivity index (χ4n) is 3.50. The molecule has 1 aliphatic carbocycles. The summed E-state index contributed by atoms with van der Waals surface area (Å²) in [5, 5.41) is 6.13. The highest BCUT2D eigenvalue weighted by Crippen LogP contribution is 2.48. The number of carbonyl (C=O) groups excluding carboxylic acids is 1. The smallest absolute Gasteiger partial charge is 0.315 e. The Morgan fingerprint density at radius 3 is 2.78 bits per heavy atom. The Bertz CT molecular complexity index is 328. The lowest BCUT2D eigenvalue weighted by Crippen LogP contribution is -2.47. The molecule has 2 bridgehead atoms. The van der Waals surface area contributed by atoms with Crippen molar-refractivity contribution in [3.8, 4) is 0 Å². The Morgan fingerprint density at radius 1 is 1.39 bits per heavy atom. The molecule has 3 atom stereocenters. The molecule has 0 aromatic rings. The van der Waals surface area contributed by atoms with Gasteiger partial charge < -0.3 is 15.4 Å². The highest BCUT2D eigenvalue weighted by molar-refractivity contribution is 5.74. The first-order valence-electron chi connectivity index (χ1n) is 7.41. The molecule has 0 aromatic carbocycles. The molecule has 2 saturated heterocycles. The summed E-state index contributed by atoms with van der Waals surface area (Å²) < 4.78 is 5.74. The van der Waals surface area contributed by atoms with E-state index in [9.17, 15) is 4.79 Å². The van der Waals surface area contributed by atoms with E-state index in [1.807, 2.05) is 0 Å². The first-order chi connectivity index (χ1) is 8.71. The fraction of sp³-hybridized carbons (Fsp3) is 0.929. The maximum Gasteiger partial charge on any atom is 0.315 e. The minimum atomic E-state index is -0.00136. The van der Waals surface area contributed by atoms with Gasteiger partial charge in [0.25, 0.3) is 0 Å². The highest BCUT2D eigenvalue weighted by atomic mass is 16.5. The van der Waals surface area contributed by atoms with Crippen LogP contribution in [0, 0.1) is 5.41 Å². The minimum Gasteiger partial charge on any atom is -0.373 e. The average Bonchev–Trinajstić information content (AvgIpc) is 2.82. The van der Waals surface area contributed by atoms with Crippen LogP contribution >= 0.6 is 0 Å². The molecule has 3 fully saturated rings. The number of amides is 2. The molecule has 0 spiro atoms. The van der Waals surface area contributed by atoms with Gasteiger partial charge >= 0.3 is 6.03 Å². The predicted octanol–water partition coefficient (Wildman–Crippen LogP) is 2.19. The average molecular weight is 252 g/mol. The van der Waals surface area contributed by atoms with Gasteiger partial charge in [0, 0.05) is 6.54 Å². The number of hydrogen-bond acceptors (Lipinski definition) is 2. The van der Waals surface area contributed by atoms with Crippen molar-refractivity contribution in [1.82, 2.24) is 10.6 Å². The molecule has 4 nitrogen and oxygen atoms in total. The number of hydrogen-bond donors (Lipinski definition) is 2. The molecular formula is C14H24N2O2. The predicted molar refractivity (Wildman–Crippen MR) is 69.4 cm³/mol. The third kappa shape index (κ3) is 2.48. The lowest BCUT2D eigenvalue weighted by Gasteiger charge is -2.21. The first-order valence-corrected chi connectivity index (χ1v) is 7.41. The summed E-state index contributed by atoms with van der Waals surface area (Å²) in [5.41, 5.74) is 0.428. The number of nitrogens with one attached hydrogen (secondary N) is 2. The fourth-order valence-corrected chi connectivity index (χ4v) is 3.50. The molecule has 2 aliphatic heterocycles. The number of carbonyl (C=O) groups is 1. The monoisotopic (exact) mass is 252 g/mol. The van der Waals surface area contributed by atoms with E-state index in [0.29, 0.717) is 11.5 Å². The van der Waals surface area contributed by atoms with Crippen molar-refractivity contribution in [2.75, 3.05) is 6.54 Å². The van der Waals surface area contributed by atoms with E-state index in [1.54, 1.807) is 0 Å². The van der Waals surface area contributed by atoms with Gasteiger partial charge in [0.05, 0.1) is 18.2 Å². The second-order valence-corrected chi connectivity index (χ2v) is 6.29. The van der Waals surface area contributed by atoms with Gasteiger partial charge in [-0.3, -0.25) is 0 Å². The molecule has 2 heterocycles. The molecular weight excluding hydrogens is 228 g/mol. The Morgan fingerprint density at radius 2 is 2.22 bits per heavy atom. The summed E-state index contributed by atoms with van der Waals surface area (Å²) in [4.78, 5) is 11.9. The standard InChI is InChI=1S/C14H24N2O2/c1-2-5-14(6-7-14)9-15-13(17)16-11-8-10-3-4-12(11)18-10/h10-12H,2-9H2,1H3,(H2,15,16,17). The molecule has 1 saturated carbocycles. The van der Waals surface area contributed by atoms with Gasteiger partial charge in [0.1, 0.15) is 0 Å². The second-order valence-electron chi connectivity index (χ2n) is 6.29. The zero-order chi connectivity index (χ0) is 12.6. The maximum atomic E-state index is 11.9. The maximum absolute atomic E-state index is 11.9. The van der Waals surface area contributed by atoms with Crippen molar-refractivity contribution < 1.29 is 9.53 Å². The molecule has 0 aromatic heterocycles. The normalized spacial score (nSPS) is 35.5. The van der Waals surface area contributed by atoms with Crippen molar-refractivity contribution in [3.05, 3.63) is 0 Å². The van der Waals surface area contributed by atoms with Crippen LogP contribution in [0.4, 0.5) is 4.79 Å². The van der Waals surface area contributed by atoms with Crippen LogP contribution in [0.5, 0.6) is 0 Å². The van der Waals surface area contributed by atoms with E-state index in [-0.39, 0.29) is 18.2 Å². The molecule has 18 heavy (non-hydrogen) atoms. The minimum absolute atomic E-state index is 0.00136. The summed E-state index contributed by atoms with van der Waals surface area (Å²) in [6, 6.07) is 0.239. The molecule has 4 heteroatoms. The van der Waals surface area contributed by atoms with Crippen LogP contribution < -0.4 is 10.6 Å². The summed E-state index contributed by atoms with van der Waals surface area (Å²) in [5.74, 6) is 0. The Kier molecular flexibility index (Phi) is 3.22. The SMILES string of the molecule is CCCC1(CNC(=O)NC2CC3CCC2O3)CC1. The highest BCUT2D eigenvalue weighted by Gasteiger charge is 2.43. The molecule has 102 valence electrons. The molecule has 0 radical (unpaired) electrons. The van der Waals surface area contributed by atoms with E-state index in [1.165, 1.54) is 32.1 Å². The van der Waals surface area contributed by atoms with Gasteiger partial charge in [-0.2, -0.15) is 0 Å². The Labute approximate surface area is 109 Å². The molecule has 2 N–H and O–H groups in total. The van der Waals surface area contributed by atoms with Crippen LogP contribution in [0.15, 0.2) is 0 Å². The van der Waals surface area contributed by atoms with E-state index in [2.05, 4.69) is 17.6 Å². The van der Waals surface area contributed by atoms with Gasteiger partial charge in [-0.15, -0.1) is 0 Å². The third-order valence-corrected chi connectivity index (χ3v) is 4.78. The van der Waals surface area contributed by atoms with Crippen molar-refractivity contribution in [3.63, 3.8) is 0 Å². The number of urea groups is 1. The molecule has 3 aliphatic rings. The van der Waals surface area contributed by atoms with Gasteiger partial charge in [-0.25, -0.2) is 4.79 Å². The number of rotatable bonds is 5. The van der Waals surface area contributed by atoms with Gasteiger partial charge in [0.2, 0.25) is 0 Å². The van der Waals surface area contributed by atoms with Crippen molar-refractivity contribution >= 4 is 6.03 Å². The largest absolute Gasteiger partial charge is 0.373 e. The number of ether oxygens (including phenoxy) is 1. The first kappa shape index (κ1) is 12.3. The van der Waals surface area contributed by atoms with Gasteiger partial charge in [-0.1, -0.05) is 13.3 Å².